The van der Waals surface area contributed by atoms with Gasteiger partial charge in [0.05, 0.1) is 5.02 Å². The van der Waals surface area contributed by atoms with Crippen molar-refractivity contribution in [3.63, 3.8) is 0 Å². The van der Waals surface area contributed by atoms with Crippen molar-refractivity contribution in [2.24, 2.45) is 5.73 Å². The average molecular weight is 382 g/mol. The van der Waals surface area contributed by atoms with Crippen molar-refractivity contribution < 1.29 is 8.42 Å². The molecule has 1 aliphatic heterocycles. The molecule has 2 atom stereocenters. The molecule has 7 heteroatoms. The Kier molecular flexibility index (Phi) is 5.13. The summed E-state index contributed by atoms with van der Waals surface area (Å²) in [5, 5.41) is 0.230. The van der Waals surface area contributed by atoms with Gasteiger partial charge >= 0.3 is 0 Å². The fourth-order valence-electron chi connectivity index (χ4n) is 2.57. The van der Waals surface area contributed by atoms with E-state index < -0.39 is 10.0 Å². The van der Waals surface area contributed by atoms with Crippen LogP contribution in [0.2, 0.25) is 5.02 Å². The van der Waals surface area contributed by atoms with Crippen molar-refractivity contribution in [3.8, 4) is 0 Å². The van der Waals surface area contributed by atoms with E-state index in [1.165, 1.54) is 10.4 Å². The molecule has 1 fully saturated rings. The summed E-state index contributed by atoms with van der Waals surface area (Å²) >= 11 is 9.37. The van der Waals surface area contributed by atoms with E-state index in [9.17, 15) is 8.42 Å². The molecule has 1 heterocycles. The number of piperidine rings is 1. The highest BCUT2D eigenvalue weighted by atomic mass is 79.9. The van der Waals surface area contributed by atoms with Crippen LogP contribution in [-0.2, 0) is 10.0 Å². The van der Waals surface area contributed by atoms with E-state index in [2.05, 4.69) is 15.9 Å². The molecule has 2 N–H and O–H groups in total. The van der Waals surface area contributed by atoms with E-state index in [0.717, 1.165) is 23.7 Å². The number of benzene rings is 1. The maximum atomic E-state index is 12.8. The standard InChI is InChI=1S/C13H18BrClN2O2S/c1-9(16)12-4-2-3-7-17(12)20(18,19)13-6-5-10(14)8-11(13)15/h5-6,8-9,12H,2-4,7,16H2,1H3. The molecule has 0 spiro atoms. The maximum absolute atomic E-state index is 12.8. The van der Waals surface area contributed by atoms with Crippen LogP contribution in [0, 0.1) is 0 Å². The molecule has 1 aromatic carbocycles. The van der Waals surface area contributed by atoms with Gasteiger partial charge in [-0.1, -0.05) is 34.0 Å². The fourth-order valence-corrected chi connectivity index (χ4v) is 5.35. The molecule has 1 aliphatic rings. The largest absolute Gasteiger partial charge is 0.326 e. The van der Waals surface area contributed by atoms with Crippen LogP contribution in [0.1, 0.15) is 26.2 Å². The fraction of sp³-hybridized carbons (Fsp3) is 0.538. The lowest BCUT2D eigenvalue weighted by atomic mass is 10.00. The van der Waals surface area contributed by atoms with Crippen molar-refractivity contribution in [1.29, 1.82) is 0 Å². The third kappa shape index (κ3) is 3.20. The van der Waals surface area contributed by atoms with Gasteiger partial charge in [-0.15, -0.1) is 0 Å². The summed E-state index contributed by atoms with van der Waals surface area (Å²) in [4.78, 5) is 0.148. The SMILES string of the molecule is CC(N)C1CCCCN1S(=O)(=O)c1ccc(Br)cc1Cl. The van der Waals surface area contributed by atoms with Crippen LogP contribution < -0.4 is 5.73 Å². The molecule has 20 heavy (non-hydrogen) atoms. The van der Waals surface area contributed by atoms with Crippen LogP contribution in [0.5, 0.6) is 0 Å². The van der Waals surface area contributed by atoms with Gasteiger partial charge in [0, 0.05) is 23.1 Å². The van der Waals surface area contributed by atoms with Crippen LogP contribution >= 0.6 is 27.5 Å². The van der Waals surface area contributed by atoms with Gasteiger partial charge in [0.25, 0.3) is 0 Å². The van der Waals surface area contributed by atoms with E-state index in [1.807, 2.05) is 6.92 Å². The average Bonchev–Trinajstić information content (AvgIpc) is 2.38. The van der Waals surface area contributed by atoms with Crippen molar-refractivity contribution >= 4 is 37.6 Å². The Balaban J connectivity index is 2.42. The third-order valence-electron chi connectivity index (χ3n) is 3.59. The van der Waals surface area contributed by atoms with Gasteiger partial charge in [0.1, 0.15) is 4.90 Å². The number of hydrogen-bond acceptors (Lipinski definition) is 3. The number of rotatable bonds is 3. The van der Waals surface area contributed by atoms with Gasteiger partial charge in [-0.2, -0.15) is 4.31 Å². The van der Waals surface area contributed by atoms with E-state index >= 15 is 0 Å². The third-order valence-corrected chi connectivity index (χ3v) is 6.49. The van der Waals surface area contributed by atoms with Crippen molar-refractivity contribution in [1.82, 2.24) is 4.31 Å². The summed E-state index contributed by atoms with van der Waals surface area (Å²) in [6.07, 6.45) is 2.66. The molecule has 0 aliphatic carbocycles. The topological polar surface area (TPSA) is 63.4 Å². The molecule has 0 bridgehead atoms. The first-order valence-corrected chi connectivity index (χ1v) is 9.17. The van der Waals surface area contributed by atoms with Crippen LogP contribution in [0.25, 0.3) is 0 Å². The second-order valence-electron chi connectivity index (χ2n) is 5.11. The Labute approximate surface area is 133 Å². The summed E-state index contributed by atoms with van der Waals surface area (Å²) < 4.78 is 27.9. The molecule has 1 saturated heterocycles. The maximum Gasteiger partial charge on any atom is 0.244 e. The molecule has 2 unspecified atom stereocenters. The zero-order valence-corrected chi connectivity index (χ0v) is 14.4. The first-order chi connectivity index (χ1) is 9.34. The molecule has 0 radical (unpaired) electrons. The van der Waals surface area contributed by atoms with Crippen molar-refractivity contribution in [3.05, 3.63) is 27.7 Å². The highest BCUT2D eigenvalue weighted by molar-refractivity contribution is 9.10. The first kappa shape index (κ1) is 16.2. The van der Waals surface area contributed by atoms with Crippen LogP contribution in [0.3, 0.4) is 0 Å². The Morgan fingerprint density at radius 2 is 2.15 bits per heavy atom. The molecular formula is C13H18BrClN2O2S. The first-order valence-electron chi connectivity index (χ1n) is 6.56. The van der Waals surface area contributed by atoms with E-state index in [1.54, 1.807) is 12.1 Å². The van der Waals surface area contributed by atoms with Crippen LogP contribution in [0.4, 0.5) is 0 Å². The van der Waals surface area contributed by atoms with E-state index in [4.69, 9.17) is 17.3 Å². The molecule has 0 saturated carbocycles. The number of sulfonamides is 1. The molecule has 0 amide bonds. The van der Waals surface area contributed by atoms with E-state index in [-0.39, 0.29) is 22.0 Å². The van der Waals surface area contributed by atoms with Crippen molar-refractivity contribution in [2.45, 2.75) is 43.2 Å². The molecule has 0 aromatic heterocycles. The van der Waals surface area contributed by atoms with Gasteiger partial charge in [0.15, 0.2) is 0 Å². The minimum Gasteiger partial charge on any atom is -0.326 e. The van der Waals surface area contributed by atoms with Crippen molar-refractivity contribution in [2.75, 3.05) is 6.54 Å². The summed E-state index contributed by atoms with van der Waals surface area (Å²) in [5.41, 5.74) is 5.95. The number of hydrogen-bond donors (Lipinski definition) is 1. The van der Waals surface area contributed by atoms with Crippen LogP contribution in [0.15, 0.2) is 27.6 Å². The molecule has 1 aromatic rings. The van der Waals surface area contributed by atoms with Gasteiger partial charge in [-0.05, 0) is 38.0 Å². The number of halogens is 2. The quantitative estimate of drug-likeness (QED) is 0.875. The summed E-state index contributed by atoms with van der Waals surface area (Å²) in [6, 6.07) is 4.46. The second-order valence-corrected chi connectivity index (χ2v) is 8.29. The smallest absolute Gasteiger partial charge is 0.244 e. The second kappa shape index (κ2) is 6.32. The zero-order valence-electron chi connectivity index (χ0n) is 11.2. The Hall–Kier alpha value is -0.140. The molecule has 4 nitrogen and oxygen atoms in total. The summed E-state index contributed by atoms with van der Waals surface area (Å²) in [7, 11) is -3.60. The zero-order chi connectivity index (χ0) is 14.9. The Bertz CT molecular complexity index is 592. The summed E-state index contributed by atoms with van der Waals surface area (Å²) in [6.45, 7) is 2.35. The number of nitrogens with zero attached hydrogens (tertiary/aromatic N) is 1. The van der Waals surface area contributed by atoms with E-state index in [0.29, 0.717) is 6.54 Å². The van der Waals surface area contributed by atoms with Crippen LogP contribution in [-0.4, -0.2) is 31.4 Å². The van der Waals surface area contributed by atoms with Gasteiger partial charge in [0.2, 0.25) is 10.0 Å². The predicted molar refractivity (Wildman–Crippen MR) is 84.3 cm³/mol. The minimum absolute atomic E-state index is 0.148. The minimum atomic E-state index is -3.60. The lowest BCUT2D eigenvalue weighted by Crippen LogP contribution is -2.51. The van der Waals surface area contributed by atoms with Gasteiger partial charge < -0.3 is 5.73 Å². The molecule has 112 valence electrons. The lowest BCUT2D eigenvalue weighted by Gasteiger charge is -2.37. The number of nitrogens with two attached hydrogens (primary N) is 1. The lowest BCUT2D eigenvalue weighted by molar-refractivity contribution is 0.227. The van der Waals surface area contributed by atoms with Gasteiger partial charge in [-0.25, -0.2) is 8.42 Å². The monoisotopic (exact) mass is 380 g/mol. The summed E-state index contributed by atoms with van der Waals surface area (Å²) in [5.74, 6) is 0. The highest BCUT2D eigenvalue weighted by Crippen LogP contribution is 2.31. The highest BCUT2D eigenvalue weighted by Gasteiger charge is 2.36. The molecular weight excluding hydrogens is 364 g/mol. The Morgan fingerprint density at radius 3 is 2.75 bits per heavy atom. The molecule has 2 rings (SSSR count). The normalized spacial score (nSPS) is 22.7. The van der Waals surface area contributed by atoms with Gasteiger partial charge in [-0.3, -0.25) is 0 Å². The Morgan fingerprint density at radius 1 is 1.45 bits per heavy atom. The predicted octanol–water partition coefficient (Wildman–Crippen LogP) is 2.99.